The summed E-state index contributed by atoms with van der Waals surface area (Å²) in [5.74, 6) is 1.05. The fourth-order valence-electron chi connectivity index (χ4n) is 3.98. The summed E-state index contributed by atoms with van der Waals surface area (Å²) in [4.78, 5) is 12.8. The lowest BCUT2D eigenvalue weighted by molar-refractivity contribution is -0.129. The van der Waals surface area contributed by atoms with Gasteiger partial charge in [-0.15, -0.1) is 0 Å². The van der Waals surface area contributed by atoms with Crippen LogP contribution in [0.1, 0.15) is 73.6 Å². The summed E-state index contributed by atoms with van der Waals surface area (Å²) in [6, 6.07) is 1.40. The third-order valence-electron chi connectivity index (χ3n) is 4.80. The lowest BCUT2D eigenvalue weighted by atomic mass is 9.79. The molecule has 2 heterocycles. The molecule has 3 heteroatoms. The number of ketones is 1. The van der Waals surface area contributed by atoms with E-state index in [0.29, 0.717) is 23.8 Å². The zero-order chi connectivity index (χ0) is 15.8. The van der Waals surface area contributed by atoms with Crippen LogP contribution in [0.25, 0.3) is 0 Å². The maximum atomic E-state index is 12.8. The standard InChI is InChI=1S/C18H34N2O/c1-17(2,3)16(21)15(20-18(4,5)6)11-12-9-13-7-8-14(10-12)19-13/h12-15,19-20H,7-11H2,1-6H3. The average molecular weight is 294 g/mol. The van der Waals surface area contributed by atoms with E-state index in [1.165, 1.54) is 25.7 Å². The Labute approximate surface area is 130 Å². The van der Waals surface area contributed by atoms with Gasteiger partial charge in [0.25, 0.3) is 0 Å². The van der Waals surface area contributed by atoms with Gasteiger partial charge in [-0.25, -0.2) is 0 Å². The summed E-state index contributed by atoms with van der Waals surface area (Å²) in [6.45, 7) is 12.6. The number of hydrogen-bond donors (Lipinski definition) is 2. The molecule has 0 spiro atoms. The van der Waals surface area contributed by atoms with Crippen molar-refractivity contribution < 1.29 is 4.79 Å². The summed E-state index contributed by atoms with van der Waals surface area (Å²) in [6.07, 6.45) is 6.14. The first-order chi connectivity index (χ1) is 9.54. The number of Topliss-reactive ketones (excluding diaryl/α,β-unsaturated/α-hetero) is 1. The molecule has 2 fully saturated rings. The zero-order valence-corrected chi connectivity index (χ0v) is 14.8. The number of nitrogens with one attached hydrogen (secondary N) is 2. The molecular weight excluding hydrogens is 260 g/mol. The molecule has 2 N–H and O–H groups in total. The maximum Gasteiger partial charge on any atom is 0.155 e. The molecular formula is C18H34N2O. The van der Waals surface area contributed by atoms with Crippen LogP contribution < -0.4 is 10.6 Å². The van der Waals surface area contributed by atoms with Gasteiger partial charge in [-0.05, 0) is 58.8 Å². The third kappa shape index (κ3) is 4.79. The van der Waals surface area contributed by atoms with Crippen LogP contribution in [0.2, 0.25) is 0 Å². The van der Waals surface area contributed by atoms with Gasteiger partial charge < -0.3 is 10.6 Å². The van der Waals surface area contributed by atoms with Crippen LogP contribution in [0.5, 0.6) is 0 Å². The second-order valence-electron chi connectivity index (χ2n) is 9.27. The summed E-state index contributed by atoms with van der Waals surface area (Å²) in [7, 11) is 0. The topological polar surface area (TPSA) is 41.1 Å². The molecule has 2 rings (SSSR count). The zero-order valence-electron chi connectivity index (χ0n) is 14.8. The lowest BCUT2D eigenvalue weighted by Gasteiger charge is -2.36. The van der Waals surface area contributed by atoms with Gasteiger partial charge >= 0.3 is 0 Å². The normalized spacial score (nSPS) is 31.2. The molecule has 0 aromatic rings. The number of fused-ring (bicyclic) bond motifs is 2. The van der Waals surface area contributed by atoms with Crippen molar-refractivity contribution in [1.82, 2.24) is 10.6 Å². The van der Waals surface area contributed by atoms with Gasteiger partial charge in [0.15, 0.2) is 5.78 Å². The lowest BCUT2D eigenvalue weighted by Crippen LogP contribution is -2.52. The Morgan fingerprint density at radius 3 is 2.05 bits per heavy atom. The van der Waals surface area contributed by atoms with Gasteiger partial charge in [0, 0.05) is 23.0 Å². The van der Waals surface area contributed by atoms with Gasteiger partial charge in [-0.2, -0.15) is 0 Å². The minimum absolute atomic E-state index is 0.00694. The second kappa shape index (κ2) is 6.00. The number of hydrogen-bond acceptors (Lipinski definition) is 3. The quantitative estimate of drug-likeness (QED) is 0.836. The van der Waals surface area contributed by atoms with E-state index in [2.05, 4.69) is 31.4 Å². The van der Waals surface area contributed by atoms with Crippen molar-refractivity contribution in [1.29, 1.82) is 0 Å². The van der Waals surface area contributed by atoms with E-state index >= 15 is 0 Å². The monoisotopic (exact) mass is 294 g/mol. The van der Waals surface area contributed by atoms with Gasteiger partial charge in [-0.3, -0.25) is 4.79 Å². The Balaban J connectivity index is 2.03. The molecule has 3 nitrogen and oxygen atoms in total. The summed E-state index contributed by atoms with van der Waals surface area (Å²) in [5.41, 5.74) is -0.285. The molecule has 2 aliphatic rings. The molecule has 3 atom stereocenters. The Morgan fingerprint density at radius 1 is 1.10 bits per heavy atom. The Bertz CT molecular complexity index is 366. The van der Waals surface area contributed by atoms with Gasteiger partial charge in [0.2, 0.25) is 0 Å². The number of rotatable bonds is 4. The smallest absolute Gasteiger partial charge is 0.155 e. The predicted molar refractivity (Wildman–Crippen MR) is 88.4 cm³/mol. The fourth-order valence-corrected chi connectivity index (χ4v) is 3.98. The highest BCUT2D eigenvalue weighted by molar-refractivity contribution is 5.88. The molecule has 0 amide bonds. The number of carbonyl (C=O) groups excluding carboxylic acids is 1. The predicted octanol–water partition coefficient (Wildman–Crippen LogP) is 3.28. The molecule has 2 saturated heterocycles. The van der Waals surface area contributed by atoms with Crippen LogP contribution in [0.3, 0.4) is 0 Å². The summed E-state index contributed by atoms with van der Waals surface area (Å²) < 4.78 is 0. The van der Waals surface area contributed by atoms with Crippen molar-refractivity contribution >= 4 is 5.78 Å². The van der Waals surface area contributed by atoms with E-state index in [-0.39, 0.29) is 17.0 Å². The van der Waals surface area contributed by atoms with Crippen molar-refractivity contribution in [3.8, 4) is 0 Å². The Kier molecular flexibility index (Phi) is 4.84. The van der Waals surface area contributed by atoms with Crippen molar-refractivity contribution in [2.45, 2.75) is 97.3 Å². The SMILES string of the molecule is CC(C)(C)NC(CC1CC2CCC(C1)N2)C(=O)C(C)(C)C. The molecule has 0 aromatic carbocycles. The van der Waals surface area contributed by atoms with Crippen LogP contribution in [0.15, 0.2) is 0 Å². The van der Waals surface area contributed by atoms with E-state index in [1.807, 2.05) is 20.8 Å². The maximum absolute atomic E-state index is 12.8. The highest BCUT2D eigenvalue weighted by Crippen LogP contribution is 2.34. The third-order valence-corrected chi connectivity index (χ3v) is 4.80. The highest BCUT2D eigenvalue weighted by atomic mass is 16.1. The molecule has 0 aliphatic carbocycles. The van der Waals surface area contributed by atoms with E-state index in [0.717, 1.165) is 6.42 Å². The van der Waals surface area contributed by atoms with E-state index in [4.69, 9.17) is 0 Å². The highest BCUT2D eigenvalue weighted by Gasteiger charge is 2.38. The van der Waals surface area contributed by atoms with E-state index in [9.17, 15) is 4.79 Å². The van der Waals surface area contributed by atoms with Crippen molar-refractivity contribution in [2.75, 3.05) is 0 Å². The number of carbonyl (C=O) groups is 1. The van der Waals surface area contributed by atoms with Crippen LogP contribution in [0, 0.1) is 11.3 Å². The number of piperidine rings is 1. The Hall–Kier alpha value is -0.410. The Morgan fingerprint density at radius 2 is 1.62 bits per heavy atom. The summed E-state index contributed by atoms with van der Waals surface area (Å²) >= 11 is 0. The van der Waals surface area contributed by atoms with Gasteiger partial charge in [0.05, 0.1) is 6.04 Å². The molecule has 2 aliphatic heterocycles. The van der Waals surface area contributed by atoms with Crippen molar-refractivity contribution in [3.63, 3.8) is 0 Å². The molecule has 122 valence electrons. The molecule has 2 bridgehead atoms. The molecule has 21 heavy (non-hydrogen) atoms. The minimum atomic E-state index is -0.269. The summed E-state index contributed by atoms with van der Waals surface area (Å²) in [5, 5.41) is 7.29. The molecule has 3 unspecified atom stereocenters. The first kappa shape index (κ1) is 17.0. The van der Waals surface area contributed by atoms with Crippen LogP contribution >= 0.6 is 0 Å². The van der Waals surface area contributed by atoms with Crippen LogP contribution in [-0.2, 0) is 4.79 Å². The average Bonchev–Trinajstić information content (AvgIpc) is 2.64. The van der Waals surface area contributed by atoms with Crippen molar-refractivity contribution in [3.05, 3.63) is 0 Å². The van der Waals surface area contributed by atoms with E-state index < -0.39 is 0 Å². The first-order valence-corrected chi connectivity index (χ1v) is 8.62. The van der Waals surface area contributed by atoms with Crippen LogP contribution in [0.4, 0.5) is 0 Å². The largest absolute Gasteiger partial charge is 0.311 e. The van der Waals surface area contributed by atoms with Gasteiger partial charge in [0.1, 0.15) is 0 Å². The first-order valence-electron chi connectivity index (χ1n) is 8.62. The van der Waals surface area contributed by atoms with E-state index in [1.54, 1.807) is 0 Å². The molecule has 0 aromatic heterocycles. The van der Waals surface area contributed by atoms with Crippen LogP contribution in [-0.4, -0.2) is 29.4 Å². The fraction of sp³-hybridized carbons (Fsp3) is 0.944. The second-order valence-corrected chi connectivity index (χ2v) is 9.27. The van der Waals surface area contributed by atoms with Gasteiger partial charge in [-0.1, -0.05) is 20.8 Å². The minimum Gasteiger partial charge on any atom is -0.311 e. The molecule has 0 radical (unpaired) electrons. The van der Waals surface area contributed by atoms with Crippen molar-refractivity contribution in [2.24, 2.45) is 11.3 Å². The molecule has 0 saturated carbocycles.